The molecule has 0 N–H and O–H groups in total. The lowest BCUT2D eigenvalue weighted by Gasteiger charge is -2.41. The van der Waals surface area contributed by atoms with Crippen LogP contribution < -0.4 is 4.74 Å². The highest BCUT2D eigenvalue weighted by molar-refractivity contribution is 6.07. The number of carbonyl (C=O) groups excluding carboxylic acids is 5. The minimum Gasteiger partial charge on any atom is -0.496 e. The number of methoxy groups -OCH3 is 1. The fourth-order valence-corrected chi connectivity index (χ4v) is 3.79. The summed E-state index contributed by atoms with van der Waals surface area (Å²) in [5.41, 5.74) is 1.11. The first kappa shape index (κ1) is 31.8. The zero-order valence-corrected chi connectivity index (χ0v) is 24.3. The second kappa shape index (κ2) is 13.1. The van der Waals surface area contributed by atoms with E-state index in [1.54, 1.807) is 65.8 Å². The molecule has 11 nitrogen and oxygen atoms in total. The van der Waals surface area contributed by atoms with Crippen LogP contribution in [0.3, 0.4) is 0 Å². The lowest BCUT2D eigenvalue weighted by Crippen LogP contribution is -2.60. The van der Waals surface area contributed by atoms with E-state index >= 15 is 0 Å². The van der Waals surface area contributed by atoms with E-state index in [0.29, 0.717) is 16.3 Å². The van der Waals surface area contributed by atoms with E-state index in [2.05, 4.69) is 4.89 Å². The number of nitrogens with zero attached hydrogens (tertiary/aromatic N) is 2. The summed E-state index contributed by atoms with van der Waals surface area (Å²) in [6, 6.07) is 9.78. The summed E-state index contributed by atoms with van der Waals surface area (Å²) in [6.45, 7) is 12.4. The molecule has 0 saturated carbocycles. The van der Waals surface area contributed by atoms with Crippen LogP contribution in [0.2, 0.25) is 0 Å². The highest BCUT2D eigenvalue weighted by atomic mass is 17.2. The number of carbonyl (C=O) groups is 5. The predicted molar refractivity (Wildman–Crippen MR) is 144 cm³/mol. The van der Waals surface area contributed by atoms with Crippen LogP contribution in [0.4, 0.5) is 4.79 Å². The van der Waals surface area contributed by atoms with Gasteiger partial charge in [-0.3, -0.25) is 14.4 Å². The van der Waals surface area contributed by atoms with Gasteiger partial charge in [-0.05, 0) is 65.8 Å². The third-order valence-electron chi connectivity index (χ3n) is 5.61. The van der Waals surface area contributed by atoms with Gasteiger partial charge in [-0.1, -0.05) is 37.1 Å². The highest BCUT2D eigenvalue weighted by Gasteiger charge is 2.42. The third kappa shape index (κ3) is 7.81. The highest BCUT2D eigenvalue weighted by Crippen LogP contribution is 2.27. The Morgan fingerprint density at radius 3 is 2.00 bits per heavy atom. The molecule has 0 aliphatic heterocycles. The van der Waals surface area contributed by atoms with E-state index in [1.807, 2.05) is 19.9 Å². The number of esters is 1. The van der Waals surface area contributed by atoms with Crippen LogP contribution in [0.25, 0.3) is 0 Å². The van der Waals surface area contributed by atoms with Crippen LogP contribution in [0.15, 0.2) is 36.4 Å². The molecule has 216 valence electrons. The predicted octanol–water partition coefficient (Wildman–Crippen LogP) is 4.71. The Kier molecular flexibility index (Phi) is 10.4. The molecule has 0 aliphatic rings. The fraction of sp³-hybridized carbons (Fsp3) is 0.414. The van der Waals surface area contributed by atoms with E-state index in [0.717, 1.165) is 16.1 Å². The number of hydrogen-bond acceptors (Lipinski definition) is 9. The first-order valence-electron chi connectivity index (χ1n) is 12.6. The van der Waals surface area contributed by atoms with E-state index in [1.165, 1.54) is 13.2 Å². The van der Waals surface area contributed by atoms with E-state index in [4.69, 9.17) is 14.4 Å². The molecule has 2 aromatic carbocycles. The number of imide groups is 1. The number of rotatable bonds is 6. The van der Waals surface area contributed by atoms with Crippen molar-refractivity contribution in [1.29, 1.82) is 0 Å². The van der Waals surface area contributed by atoms with Crippen LogP contribution in [-0.4, -0.2) is 59.1 Å². The largest absolute Gasteiger partial charge is 0.496 e. The van der Waals surface area contributed by atoms with Gasteiger partial charge in [-0.15, -0.1) is 5.01 Å². The number of amides is 3. The molecule has 3 amide bonds. The molecule has 2 rings (SSSR count). The zero-order chi connectivity index (χ0) is 30.4. The van der Waals surface area contributed by atoms with Crippen molar-refractivity contribution in [3.63, 3.8) is 0 Å². The first-order chi connectivity index (χ1) is 18.6. The summed E-state index contributed by atoms with van der Waals surface area (Å²) in [4.78, 5) is 74.2. The molecule has 0 spiro atoms. The molecule has 0 saturated heterocycles. The van der Waals surface area contributed by atoms with Crippen LogP contribution in [-0.2, 0) is 24.1 Å². The lowest BCUT2D eigenvalue weighted by atomic mass is 10.0. The molecule has 0 heterocycles. The first-order valence-corrected chi connectivity index (χ1v) is 12.6. The second-order valence-corrected chi connectivity index (χ2v) is 10.5. The van der Waals surface area contributed by atoms with Gasteiger partial charge in [0.15, 0.2) is 6.61 Å². The molecule has 0 fully saturated rings. The van der Waals surface area contributed by atoms with Crippen molar-refractivity contribution < 1.29 is 43.2 Å². The van der Waals surface area contributed by atoms with Gasteiger partial charge in [0.25, 0.3) is 11.8 Å². The fourth-order valence-electron chi connectivity index (χ4n) is 3.79. The Labute approximate surface area is 233 Å². The topological polar surface area (TPSA) is 129 Å². The third-order valence-corrected chi connectivity index (χ3v) is 5.61. The molecule has 0 aliphatic carbocycles. The SMILES string of the molecule is COc1cccc(C(=O)N(C(=O)OOC(=O)COC(=O)C(C)C)N(C(=O)c2cc(C)cc(C)c2)C(C)(C)C)c1C. The molecule has 0 bridgehead atoms. The van der Waals surface area contributed by atoms with Crippen molar-refractivity contribution in [2.24, 2.45) is 5.92 Å². The number of ether oxygens (including phenoxy) is 2. The van der Waals surface area contributed by atoms with Crippen molar-refractivity contribution >= 4 is 29.8 Å². The summed E-state index contributed by atoms with van der Waals surface area (Å²) >= 11 is 0. The maximum Gasteiger partial charge on any atom is 0.478 e. The van der Waals surface area contributed by atoms with Gasteiger partial charge < -0.3 is 9.47 Å². The average molecular weight is 557 g/mol. The van der Waals surface area contributed by atoms with Crippen LogP contribution in [0, 0.1) is 26.7 Å². The molecule has 40 heavy (non-hydrogen) atoms. The molecule has 0 aromatic heterocycles. The minimum atomic E-state index is -1.47. The standard InChI is InChI=1S/C29H36N2O9/c1-17(2)27(35)38-16-24(32)39-40-28(36)30(26(34)22-11-10-12-23(37-9)20(22)5)31(29(6,7)8)25(33)21-14-18(3)13-19(4)15-21/h10-15,17H,16H2,1-9H3. The number of hydrazine groups is 1. The van der Waals surface area contributed by atoms with E-state index < -0.39 is 47.9 Å². The number of hydrogen-bond donors (Lipinski definition) is 0. The summed E-state index contributed by atoms with van der Waals surface area (Å²) < 4.78 is 10.1. The van der Waals surface area contributed by atoms with Crippen molar-refractivity contribution in [3.05, 3.63) is 64.2 Å². The summed E-state index contributed by atoms with van der Waals surface area (Å²) in [5, 5.41) is 1.42. The Morgan fingerprint density at radius 2 is 1.48 bits per heavy atom. The van der Waals surface area contributed by atoms with E-state index in [-0.39, 0.29) is 11.1 Å². The molecule has 0 radical (unpaired) electrons. The summed E-state index contributed by atoms with van der Waals surface area (Å²) in [5.74, 6) is -3.59. The van der Waals surface area contributed by atoms with Gasteiger partial charge in [0.1, 0.15) is 5.75 Å². The van der Waals surface area contributed by atoms with E-state index in [9.17, 15) is 24.0 Å². The summed E-state index contributed by atoms with van der Waals surface area (Å²) in [7, 11) is 1.43. The Balaban J connectivity index is 2.54. The quantitative estimate of drug-likeness (QED) is 0.282. The number of aryl methyl sites for hydroxylation is 2. The van der Waals surface area contributed by atoms with Crippen molar-refractivity contribution in [3.8, 4) is 5.75 Å². The van der Waals surface area contributed by atoms with Crippen LogP contribution in [0.1, 0.15) is 72.0 Å². The van der Waals surface area contributed by atoms with Gasteiger partial charge in [0, 0.05) is 16.7 Å². The average Bonchev–Trinajstić information content (AvgIpc) is 2.86. The van der Waals surface area contributed by atoms with Gasteiger partial charge in [-0.2, -0.15) is 0 Å². The molecular weight excluding hydrogens is 520 g/mol. The Morgan fingerprint density at radius 1 is 0.875 bits per heavy atom. The lowest BCUT2D eigenvalue weighted by molar-refractivity contribution is -0.244. The molecule has 2 aromatic rings. The van der Waals surface area contributed by atoms with Gasteiger partial charge >= 0.3 is 18.0 Å². The second-order valence-electron chi connectivity index (χ2n) is 10.5. The molecule has 0 atom stereocenters. The van der Waals surface area contributed by atoms with Crippen molar-refractivity contribution in [2.75, 3.05) is 13.7 Å². The number of benzene rings is 2. The van der Waals surface area contributed by atoms with Gasteiger partial charge in [0.05, 0.1) is 18.6 Å². The summed E-state index contributed by atoms with van der Waals surface area (Å²) in [6.07, 6.45) is -1.47. The molecular formula is C29H36N2O9. The minimum absolute atomic E-state index is 0.0379. The van der Waals surface area contributed by atoms with Gasteiger partial charge in [-0.25, -0.2) is 24.4 Å². The maximum atomic E-state index is 13.9. The normalized spacial score (nSPS) is 10.9. The van der Waals surface area contributed by atoms with Crippen LogP contribution >= 0.6 is 0 Å². The maximum absolute atomic E-state index is 13.9. The van der Waals surface area contributed by atoms with Crippen LogP contribution in [0.5, 0.6) is 5.75 Å². The monoisotopic (exact) mass is 556 g/mol. The van der Waals surface area contributed by atoms with Gasteiger partial charge in [0.2, 0.25) is 0 Å². The Hall–Kier alpha value is -4.41. The van der Waals surface area contributed by atoms with Crippen molar-refractivity contribution in [1.82, 2.24) is 10.0 Å². The Bertz CT molecular complexity index is 1270. The zero-order valence-electron chi connectivity index (χ0n) is 24.3. The molecule has 0 unspecified atom stereocenters. The molecule has 11 heteroatoms. The smallest absolute Gasteiger partial charge is 0.478 e. The van der Waals surface area contributed by atoms with Crippen molar-refractivity contribution in [2.45, 2.75) is 60.9 Å².